The van der Waals surface area contributed by atoms with Crippen LogP contribution in [0, 0.1) is 0 Å². The van der Waals surface area contributed by atoms with Crippen LogP contribution >= 0.6 is 39.1 Å². The second-order valence-corrected chi connectivity index (χ2v) is 7.77. The molecular formula is C19H15BrCl2N4O3. The number of nitrogens with one attached hydrogen (secondary N) is 3. The van der Waals surface area contributed by atoms with E-state index in [4.69, 9.17) is 23.2 Å². The third-order valence-corrected chi connectivity index (χ3v) is 4.80. The van der Waals surface area contributed by atoms with E-state index in [1.807, 2.05) is 0 Å². The Hall–Kier alpha value is -2.55. The lowest BCUT2D eigenvalue weighted by atomic mass is 10.2. The molecule has 0 atom stereocenters. The molecule has 3 N–H and O–H groups in total. The molecule has 0 aliphatic rings. The van der Waals surface area contributed by atoms with Crippen molar-refractivity contribution < 1.29 is 14.4 Å². The quantitative estimate of drug-likeness (QED) is 0.472. The number of carbonyl (C=O) groups excluding carboxylic acids is 3. The van der Waals surface area contributed by atoms with Gasteiger partial charge in [0.15, 0.2) is 0 Å². The van der Waals surface area contributed by atoms with Crippen LogP contribution < -0.4 is 16.1 Å². The average molecular weight is 498 g/mol. The number of fused-ring (bicyclic) bond motifs is 1. The predicted octanol–water partition coefficient (Wildman–Crippen LogP) is 4.17. The van der Waals surface area contributed by atoms with Crippen LogP contribution in [0.25, 0.3) is 10.9 Å². The van der Waals surface area contributed by atoms with Crippen molar-refractivity contribution in [3.63, 3.8) is 0 Å². The monoisotopic (exact) mass is 496 g/mol. The van der Waals surface area contributed by atoms with Crippen molar-refractivity contribution in [1.82, 2.24) is 9.99 Å². The van der Waals surface area contributed by atoms with Gasteiger partial charge in [-0.2, -0.15) is 0 Å². The second kappa shape index (κ2) is 8.86. The zero-order valence-electron chi connectivity index (χ0n) is 15.1. The molecule has 0 saturated heterocycles. The number of aromatic nitrogens is 1. The smallest absolute Gasteiger partial charge is 0.328 e. The molecule has 0 spiro atoms. The molecule has 0 saturated carbocycles. The molecule has 0 unspecified atom stereocenters. The van der Waals surface area contributed by atoms with E-state index in [1.54, 1.807) is 49.4 Å². The molecule has 7 nitrogen and oxygen atoms in total. The molecule has 3 aromatic rings. The molecule has 10 heteroatoms. The third-order valence-electron chi connectivity index (χ3n) is 3.87. The first-order chi connectivity index (χ1) is 13.8. The van der Waals surface area contributed by atoms with Gasteiger partial charge in [-0.05, 0) is 49.4 Å². The maximum absolute atomic E-state index is 12.9. The Morgan fingerprint density at radius 3 is 2.34 bits per heavy atom. The molecule has 1 heterocycles. The lowest BCUT2D eigenvalue weighted by Gasteiger charge is -2.12. The summed E-state index contributed by atoms with van der Waals surface area (Å²) < 4.78 is 2.06. The van der Waals surface area contributed by atoms with Crippen molar-refractivity contribution in [3.8, 4) is 0 Å². The lowest BCUT2D eigenvalue weighted by molar-refractivity contribution is -0.136. The number of carbonyl (C=O) groups is 3. The summed E-state index contributed by atoms with van der Waals surface area (Å²) in [5.41, 5.74) is 3.51. The highest BCUT2D eigenvalue weighted by atomic mass is 79.9. The van der Waals surface area contributed by atoms with E-state index in [2.05, 4.69) is 32.0 Å². The number of hydrogen-bond donors (Lipinski definition) is 3. The van der Waals surface area contributed by atoms with Crippen LogP contribution in [0.3, 0.4) is 0 Å². The Morgan fingerprint density at radius 1 is 1.00 bits per heavy atom. The minimum Gasteiger partial charge on any atom is -0.348 e. The molecule has 2 aromatic carbocycles. The van der Waals surface area contributed by atoms with Gasteiger partial charge in [0.05, 0.1) is 5.52 Å². The number of hydrogen-bond acceptors (Lipinski definition) is 3. The van der Waals surface area contributed by atoms with Gasteiger partial charge in [0.25, 0.3) is 5.91 Å². The van der Waals surface area contributed by atoms with Gasteiger partial charge in [-0.1, -0.05) is 39.1 Å². The van der Waals surface area contributed by atoms with Crippen molar-refractivity contribution in [3.05, 3.63) is 62.7 Å². The zero-order chi connectivity index (χ0) is 21.1. The van der Waals surface area contributed by atoms with Gasteiger partial charge in [-0.25, -0.2) is 4.68 Å². The van der Waals surface area contributed by atoms with Crippen molar-refractivity contribution >= 4 is 73.4 Å². The highest BCUT2D eigenvalue weighted by Crippen LogP contribution is 2.26. The van der Waals surface area contributed by atoms with Crippen LogP contribution in [0.5, 0.6) is 0 Å². The minimum atomic E-state index is -0.896. The molecule has 3 amide bonds. The number of halogens is 3. The first-order valence-electron chi connectivity index (χ1n) is 8.46. The third kappa shape index (κ3) is 4.90. The van der Waals surface area contributed by atoms with Gasteiger partial charge in [0.1, 0.15) is 5.69 Å². The summed E-state index contributed by atoms with van der Waals surface area (Å²) in [6.45, 7) is 2.00. The normalized spacial score (nSPS) is 10.6. The second-order valence-electron chi connectivity index (χ2n) is 5.98. The van der Waals surface area contributed by atoms with Crippen molar-refractivity contribution in [1.29, 1.82) is 0 Å². The van der Waals surface area contributed by atoms with Crippen molar-refractivity contribution in [2.24, 2.45) is 0 Å². The topological polar surface area (TPSA) is 92.2 Å². The molecule has 150 valence electrons. The highest BCUT2D eigenvalue weighted by molar-refractivity contribution is 9.10. The maximum atomic E-state index is 12.9. The van der Waals surface area contributed by atoms with Crippen LogP contribution in [0.4, 0.5) is 5.69 Å². The van der Waals surface area contributed by atoms with Gasteiger partial charge < -0.3 is 10.6 Å². The summed E-state index contributed by atoms with van der Waals surface area (Å²) in [4.78, 5) is 37.0. The van der Waals surface area contributed by atoms with Gasteiger partial charge in [-0.15, -0.1) is 0 Å². The standard InChI is InChI=1S/C19H15BrCl2N4O3/c1-2-23-18(28)19(29)25-26-15-4-3-11(20)5-10(15)6-16(26)17(27)24-14-8-12(21)7-13(22)9-14/h3-9H,2H2,1H3,(H,23,28)(H,24,27)(H,25,29). The van der Waals surface area contributed by atoms with Crippen molar-refractivity contribution in [2.75, 3.05) is 17.3 Å². The Morgan fingerprint density at radius 2 is 1.69 bits per heavy atom. The first-order valence-corrected chi connectivity index (χ1v) is 10.0. The molecule has 0 aliphatic heterocycles. The molecular weight excluding hydrogens is 483 g/mol. The van der Waals surface area contributed by atoms with Gasteiger partial charge in [0, 0.05) is 32.1 Å². The van der Waals surface area contributed by atoms with E-state index >= 15 is 0 Å². The largest absolute Gasteiger partial charge is 0.348 e. The van der Waals surface area contributed by atoms with Gasteiger partial charge >= 0.3 is 11.8 Å². The number of benzene rings is 2. The zero-order valence-corrected chi connectivity index (χ0v) is 18.2. The van der Waals surface area contributed by atoms with Crippen LogP contribution in [0.2, 0.25) is 10.0 Å². The number of rotatable bonds is 4. The van der Waals surface area contributed by atoms with Crippen LogP contribution in [0.15, 0.2) is 46.9 Å². The number of likely N-dealkylation sites (N-methyl/N-ethyl adjacent to an activating group) is 1. The summed E-state index contributed by atoms with van der Waals surface area (Å²) in [5, 5.41) is 6.52. The van der Waals surface area contributed by atoms with E-state index < -0.39 is 17.7 Å². The first kappa shape index (κ1) is 21.2. The average Bonchev–Trinajstić information content (AvgIpc) is 2.98. The molecule has 0 radical (unpaired) electrons. The molecule has 0 aliphatic carbocycles. The lowest BCUT2D eigenvalue weighted by Crippen LogP contribution is -2.39. The highest BCUT2D eigenvalue weighted by Gasteiger charge is 2.21. The van der Waals surface area contributed by atoms with E-state index in [9.17, 15) is 14.4 Å². The molecule has 1 aromatic heterocycles. The maximum Gasteiger partial charge on any atom is 0.328 e. The summed E-state index contributed by atoms with van der Waals surface area (Å²) in [7, 11) is 0. The van der Waals surface area contributed by atoms with E-state index in [0.29, 0.717) is 33.2 Å². The Balaban J connectivity index is 2.00. The van der Waals surface area contributed by atoms with Crippen LogP contribution in [-0.4, -0.2) is 28.9 Å². The van der Waals surface area contributed by atoms with Gasteiger partial charge in [0.2, 0.25) is 0 Å². The van der Waals surface area contributed by atoms with E-state index in [1.165, 1.54) is 4.68 Å². The summed E-state index contributed by atoms with van der Waals surface area (Å²) >= 11 is 15.3. The fraction of sp³-hybridized carbons (Fsp3) is 0.105. The summed E-state index contributed by atoms with van der Waals surface area (Å²) in [6.07, 6.45) is 0. The Bertz CT molecular complexity index is 1110. The summed E-state index contributed by atoms with van der Waals surface area (Å²) in [5.74, 6) is -2.22. The predicted molar refractivity (Wildman–Crippen MR) is 117 cm³/mol. The minimum absolute atomic E-state index is 0.117. The van der Waals surface area contributed by atoms with Crippen LogP contribution in [-0.2, 0) is 9.59 Å². The molecule has 0 fully saturated rings. The van der Waals surface area contributed by atoms with Crippen LogP contribution in [0.1, 0.15) is 17.4 Å². The summed E-state index contributed by atoms with van der Waals surface area (Å²) in [6, 6.07) is 11.5. The molecule has 29 heavy (non-hydrogen) atoms. The fourth-order valence-electron chi connectivity index (χ4n) is 2.69. The Kier molecular flexibility index (Phi) is 6.46. The number of anilines is 1. The number of nitrogens with zero attached hydrogens (tertiary/aromatic N) is 1. The molecule has 3 rings (SSSR count). The van der Waals surface area contributed by atoms with Crippen molar-refractivity contribution in [2.45, 2.75) is 6.92 Å². The van der Waals surface area contributed by atoms with Gasteiger partial charge in [-0.3, -0.25) is 19.8 Å². The number of amides is 3. The van der Waals surface area contributed by atoms with E-state index in [0.717, 1.165) is 4.47 Å². The van der Waals surface area contributed by atoms with E-state index in [-0.39, 0.29) is 5.69 Å². The fourth-order valence-corrected chi connectivity index (χ4v) is 3.59. The Labute approximate surface area is 184 Å². The SMILES string of the molecule is CCNC(=O)C(=O)Nn1c(C(=O)Nc2cc(Cl)cc(Cl)c2)cc2cc(Br)ccc21. The molecule has 0 bridgehead atoms.